The number of carbonyl (C=O) groups is 2. The predicted molar refractivity (Wildman–Crippen MR) is 63.9 cm³/mol. The van der Waals surface area contributed by atoms with Crippen molar-refractivity contribution in [1.29, 1.82) is 0 Å². The first kappa shape index (κ1) is 12.7. The molecule has 0 bridgehead atoms. The zero-order valence-corrected chi connectivity index (χ0v) is 9.93. The zero-order chi connectivity index (χ0) is 12.8. The summed E-state index contributed by atoms with van der Waals surface area (Å²) in [6, 6.07) is 9.81. The van der Waals surface area contributed by atoms with Gasteiger partial charge in [-0.15, -0.1) is 0 Å². The van der Waals surface area contributed by atoms with E-state index in [9.17, 15) is 9.59 Å². The summed E-state index contributed by atoms with van der Waals surface area (Å²) in [5.41, 5.74) is 1.11. The lowest BCUT2D eigenvalue weighted by molar-refractivity contribution is -0.133. The number of rotatable bonds is 2. The molecule has 1 aromatic rings. The van der Waals surface area contributed by atoms with Gasteiger partial charge in [-0.2, -0.15) is 0 Å². The molecule has 5 heteroatoms. The highest BCUT2D eigenvalue weighted by Gasteiger charge is 2.17. The van der Waals surface area contributed by atoms with Gasteiger partial charge in [-0.25, -0.2) is 0 Å². The Balaban J connectivity index is 1.95. The van der Waals surface area contributed by atoms with Crippen LogP contribution in [0, 0.1) is 0 Å². The molecule has 18 heavy (non-hydrogen) atoms. The minimum absolute atomic E-state index is 0.111. The molecular weight excluding hydrogens is 234 g/mol. The molecule has 0 aliphatic carbocycles. The molecule has 0 saturated carbocycles. The molecule has 0 radical (unpaired) electrons. The van der Waals surface area contributed by atoms with E-state index in [1.165, 1.54) is 0 Å². The van der Waals surface area contributed by atoms with Crippen molar-refractivity contribution in [2.75, 3.05) is 19.8 Å². The number of imide groups is 1. The molecule has 2 rings (SSSR count). The first-order valence-electron chi connectivity index (χ1n) is 5.80. The maximum absolute atomic E-state index is 11.3. The Morgan fingerprint density at radius 2 is 1.83 bits per heavy atom. The number of hydrogen-bond acceptors (Lipinski definition) is 4. The van der Waals surface area contributed by atoms with Gasteiger partial charge in [0.25, 0.3) is 11.8 Å². The highest BCUT2D eigenvalue weighted by Crippen LogP contribution is 2.07. The lowest BCUT2D eigenvalue weighted by Gasteiger charge is -2.15. The Bertz CT molecular complexity index is 418. The second kappa shape index (κ2) is 6.28. The minimum atomic E-state index is -0.427. The molecule has 1 unspecified atom stereocenters. The summed E-state index contributed by atoms with van der Waals surface area (Å²) in [4.78, 5) is 22.4. The van der Waals surface area contributed by atoms with E-state index in [0.29, 0.717) is 13.0 Å². The van der Waals surface area contributed by atoms with Crippen molar-refractivity contribution in [1.82, 2.24) is 5.32 Å². The van der Waals surface area contributed by atoms with Gasteiger partial charge in [0.05, 0.1) is 12.7 Å². The van der Waals surface area contributed by atoms with Crippen LogP contribution < -0.4 is 5.32 Å². The lowest BCUT2D eigenvalue weighted by Crippen LogP contribution is -2.35. The first-order valence-corrected chi connectivity index (χ1v) is 5.80. The van der Waals surface area contributed by atoms with Crippen molar-refractivity contribution >= 4 is 11.8 Å². The normalized spacial score (nSPS) is 21.7. The van der Waals surface area contributed by atoms with E-state index in [1.807, 2.05) is 30.3 Å². The molecule has 5 nitrogen and oxygen atoms in total. The highest BCUT2D eigenvalue weighted by molar-refractivity contribution is 5.96. The third-order valence-corrected chi connectivity index (χ3v) is 2.57. The van der Waals surface area contributed by atoms with Crippen molar-refractivity contribution < 1.29 is 19.1 Å². The Labute approximate surface area is 105 Å². The van der Waals surface area contributed by atoms with E-state index in [-0.39, 0.29) is 19.3 Å². The second-order valence-electron chi connectivity index (χ2n) is 4.11. The maximum Gasteiger partial charge on any atom is 0.252 e. The van der Waals surface area contributed by atoms with Crippen molar-refractivity contribution in [3.63, 3.8) is 0 Å². The van der Waals surface area contributed by atoms with Gasteiger partial charge >= 0.3 is 0 Å². The Morgan fingerprint density at radius 3 is 2.61 bits per heavy atom. The fourth-order valence-electron chi connectivity index (χ4n) is 1.75. The van der Waals surface area contributed by atoms with Gasteiger partial charge in [0.1, 0.15) is 13.2 Å². The number of carbonyl (C=O) groups excluding carboxylic acids is 2. The van der Waals surface area contributed by atoms with Gasteiger partial charge in [-0.1, -0.05) is 30.3 Å². The number of hydrogen-bond donors (Lipinski definition) is 1. The summed E-state index contributed by atoms with van der Waals surface area (Å²) in [6.45, 7) is 0.0720. The molecule has 1 aliphatic heterocycles. The molecule has 1 N–H and O–H groups in total. The van der Waals surface area contributed by atoms with Crippen molar-refractivity contribution in [3.8, 4) is 0 Å². The maximum atomic E-state index is 11.3. The summed E-state index contributed by atoms with van der Waals surface area (Å²) < 4.78 is 10.6. The fourth-order valence-corrected chi connectivity index (χ4v) is 1.75. The molecule has 96 valence electrons. The molecule has 2 amide bonds. The quantitative estimate of drug-likeness (QED) is 0.765. The van der Waals surface area contributed by atoms with Crippen molar-refractivity contribution in [2.45, 2.75) is 12.5 Å². The van der Waals surface area contributed by atoms with Crippen molar-refractivity contribution in [3.05, 3.63) is 35.9 Å². The van der Waals surface area contributed by atoms with Crippen molar-refractivity contribution in [2.24, 2.45) is 0 Å². The summed E-state index contributed by atoms with van der Waals surface area (Å²) in [5.74, 6) is -0.854. The van der Waals surface area contributed by atoms with Gasteiger partial charge < -0.3 is 9.47 Å². The highest BCUT2D eigenvalue weighted by atomic mass is 16.5. The predicted octanol–water partition coefficient (Wildman–Crippen LogP) is 0.287. The minimum Gasteiger partial charge on any atom is -0.369 e. The number of benzene rings is 1. The van der Waals surface area contributed by atoms with E-state index < -0.39 is 11.8 Å². The average molecular weight is 249 g/mol. The smallest absolute Gasteiger partial charge is 0.252 e. The lowest BCUT2D eigenvalue weighted by atomic mass is 10.1. The Morgan fingerprint density at radius 1 is 1.11 bits per heavy atom. The summed E-state index contributed by atoms with van der Waals surface area (Å²) in [6.07, 6.45) is 0.437. The number of nitrogens with one attached hydrogen (secondary N) is 1. The van der Waals surface area contributed by atoms with Crippen LogP contribution in [-0.4, -0.2) is 37.7 Å². The Kier molecular flexibility index (Phi) is 4.44. The van der Waals surface area contributed by atoms with Crippen LogP contribution in [0.25, 0.3) is 0 Å². The van der Waals surface area contributed by atoms with E-state index >= 15 is 0 Å². The van der Waals surface area contributed by atoms with Crippen LogP contribution in [0.15, 0.2) is 30.3 Å². The Hall–Kier alpha value is -1.72. The van der Waals surface area contributed by atoms with Crippen LogP contribution >= 0.6 is 0 Å². The SMILES string of the molecule is O=C1COCC(Cc2ccccc2)OCC(=O)N1. The number of ether oxygens (including phenoxy) is 2. The fraction of sp³-hybridized carbons (Fsp3) is 0.385. The summed E-state index contributed by atoms with van der Waals surface area (Å²) in [5, 5.41) is 2.18. The topological polar surface area (TPSA) is 64.6 Å². The van der Waals surface area contributed by atoms with Crippen LogP contribution in [0.3, 0.4) is 0 Å². The standard InChI is InChI=1S/C13H15NO4/c15-12-8-17-7-11(18-9-13(16)14-12)6-10-4-2-1-3-5-10/h1-5,11H,6-9H2,(H,14,15,16). The average Bonchev–Trinajstić information content (AvgIpc) is 2.43. The van der Waals surface area contributed by atoms with E-state index in [1.54, 1.807) is 0 Å². The van der Waals surface area contributed by atoms with Gasteiger partial charge in [0.2, 0.25) is 0 Å². The molecular formula is C13H15NO4. The largest absolute Gasteiger partial charge is 0.369 e. The van der Waals surface area contributed by atoms with Gasteiger partial charge in [0, 0.05) is 6.42 Å². The van der Waals surface area contributed by atoms with Crippen LogP contribution in [0.2, 0.25) is 0 Å². The molecule has 1 fully saturated rings. The van der Waals surface area contributed by atoms with Crippen LogP contribution in [0.5, 0.6) is 0 Å². The van der Waals surface area contributed by atoms with E-state index in [4.69, 9.17) is 9.47 Å². The van der Waals surface area contributed by atoms with E-state index in [2.05, 4.69) is 5.32 Å². The van der Waals surface area contributed by atoms with E-state index in [0.717, 1.165) is 5.56 Å². The van der Waals surface area contributed by atoms with Crippen LogP contribution in [0.4, 0.5) is 0 Å². The van der Waals surface area contributed by atoms with Crippen LogP contribution in [-0.2, 0) is 25.5 Å². The third-order valence-electron chi connectivity index (χ3n) is 2.57. The molecule has 1 saturated heterocycles. The molecule has 1 atom stereocenters. The first-order chi connectivity index (χ1) is 8.74. The number of amides is 2. The zero-order valence-electron chi connectivity index (χ0n) is 9.93. The van der Waals surface area contributed by atoms with Crippen LogP contribution in [0.1, 0.15) is 5.56 Å². The third kappa shape index (κ3) is 3.94. The molecule has 0 spiro atoms. The van der Waals surface area contributed by atoms with Gasteiger partial charge in [-0.3, -0.25) is 14.9 Å². The van der Waals surface area contributed by atoms with Gasteiger partial charge in [-0.05, 0) is 5.56 Å². The molecule has 1 heterocycles. The summed E-state index contributed by atoms with van der Waals surface area (Å²) in [7, 11) is 0. The van der Waals surface area contributed by atoms with Gasteiger partial charge in [0.15, 0.2) is 0 Å². The monoisotopic (exact) mass is 249 g/mol. The second-order valence-corrected chi connectivity index (χ2v) is 4.11. The molecule has 1 aromatic carbocycles. The summed E-state index contributed by atoms with van der Waals surface area (Å²) >= 11 is 0. The molecule has 0 aromatic heterocycles. The molecule has 1 aliphatic rings.